The highest BCUT2D eigenvalue weighted by atomic mass is 79.9. The van der Waals surface area contributed by atoms with Crippen LogP contribution < -0.4 is 0 Å². The highest BCUT2D eigenvalue weighted by molar-refractivity contribution is 9.10. The van der Waals surface area contributed by atoms with Crippen molar-refractivity contribution < 1.29 is 14.7 Å². The van der Waals surface area contributed by atoms with Crippen LogP contribution >= 0.6 is 15.9 Å². The number of nitrogens with zero attached hydrogens (tertiary/aromatic N) is 3. The molecule has 1 atom stereocenters. The summed E-state index contributed by atoms with van der Waals surface area (Å²) in [5.74, 6) is -1.56. The number of pyridine rings is 2. The van der Waals surface area contributed by atoms with Crippen molar-refractivity contribution >= 4 is 33.4 Å². The molecule has 3 aromatic rings. The molecule has 30 heavy (non-hydrogen) atoms. The number of hydrogen-bond acceptors (Lipinski definition) is 5. The zero-order valence-corrected chi connectivity index (χ0v) is 17.7. The highest BCUT2D eigenvalue weighted by Crippen LogP contribution is 2.40. The van der Waals surface area contributed by atoms with E-state index in [4.69, 9.17) is 0 Å². The second kappa shape index (κ2) is 8.20. The molecule has 1 amide bonds. The Morgan fingerprint density at radius 2 is 1.87 bits per heavy atom. The summed E-state index contributed by atoms with van der Waals surface area (Å²) in [6, 6.07) is 11.7. The van der Waals surface area contributed by atoms with E-state index in [1.165, 1.54) is 4.90 Å². The Hall–Kier alpha value is -3.32. The minimum atomic E-state index is -0.725. The van der Waals surface area contributed by atoms with E-state index in [2.05, 4.69) is 25.9 Å². The van der Waals surface area contributed by atoms with Crippen LogP contribution in [0.5, 0.6) is 0 Å². The second-order valence-corrected chi connectivity index (χ2v) is 7.89. The van der Waals surface area contributed by atoms with Gasteiger partial charge in [-0.2, -0.15) is 0 Å². The van der Waals surface area contributed by atoms with Gasteiger partial charge in [-0.15, -0.1) is 0 Å². The number of aromatic nitrogens is 2. The predicted octanol–water partition coefficient (Wildman–Crippen LogP) is 4.17. The maximum atomic E-state index is 13.0. The fourth-order valence-corrected chi connectivity index (χ4v) is 3.82. The average Bonchev–Trinajstić information content (AvgIpc) is 3.01. The number of carbonyl (C=O) groups is 2. The number of aryl methyl sites for hydroxylation is 1. The third kappa shape index (κ3) is 3.64. The Bertz CT molecular complexity index is 1150. The van der Waals surface area contributed by atoms with Gasteiger partial charge in [0, 0.05) is 41.4 Å². The van der Waals surface area contributed by atoms with Crippen LogP contribution in [0.15, 0.2) is 77.3 Å². The number of halogens is 1. The summed E-state index contributed by atoms with van der Waals surface area (Å²) < 4.78 is 0.891. The van der Waals surface area contributed by atoms with Crippen LogP contribution in [0.25, 0.3) is 5.76 Å². The largest absolute Gasteiger partial charge is 0.507 e. The molecule has 1 aromatic carbocycles. The van der Waals surface area contributed by atoms with Gasteiger partial charge in [-0.05, 0) is 53.9 Å². The monoisotopic (exact) mass is 463 g/mol. The lowest BCUT2D eigenvalue weighted by atomic mass is 9.95. The van der Waals surface area contributed by atoms with Gasteiger partial charge in [0.2, 0.25) is 0 Å². The number of aliphatic hydroxyl groups excluding tert-OH is 1. The number of rotatable bonds is 4. The summed E-state index contributed by atoms with van der Waals surface area (Å²) in [6.07, 6.45) is 6.50. The summed E-state index contributed by atoms with van der Waals surface area (Å²) in [5, 5.41) is 11.1. The van der Waals surface area contributed by atoms with Gasteiger partial charge in [0.15, 0.2) is 0 Å². The first-order chi connectivity index (χ1) is 14.5. The minimum absolute atomic E-state index is 0.0665. The Labute approximate surface area is 182 Å². The molecular formula is C23H18BrN3O3. The first-order valence-corrected chi connectivity index (χ1v) is 10.1. The van der Waals surface area contributed by atoms with Gasteiger partial charge in [-0.3, -0.25) is 19.6 Å². The molecular weight excluding hydrogens is 446 g/mol. The quantitative estimate of drug-likeness (QED) is 0.356. The van der Waals surface area contributed by atoms with Gasteiger partial charge in [-0.1, -0.05) is 28.1 Å². The van der Waals surface area contributed by atoms with Crippen molar-refractivity contribution in [1.29, 1.82) is 0 Å². The lowest BCUT2D eigenvalue weighted by Crippen LogP contribution is -2.29. The van der Waals surface area contributed by atoms with Gasteiger partial charge in [-0.25, -0.2) is 0 Å². The average molecular weight is 464 g/mol. The summed E-state index contributed by atoms with van der Waals surface area (Å²) in [6.45, 7) is 2.09. The molecule has 6 nitrogen and oxygen atoms in total. The molecule has 1 aliphatic rings. The lowest BCUT2D eigenvalue weighted by molar-refractivity contribution is -0.140. The van der Waals surface area contributed by atoms with Crippen molar-refractivity contribution in [3.05, 3.63) is 99.6 Å². The van der Waals surface area contributed by atoms with Crippen LogP contribution in [-0.2, 0) is 16.1 Å². The molecule has 0 saturated carbocycles. The standard InChI is InChI=1S/C23H18BrN3O3/c1-14-11-17(4-5-18(14)24)21(28)19-20(16-6-9-25-10-7-16)27(23(30)22(19)29)13-15-3-2-8-26-12-15/h2-12,20,28H,13H2,1H3/b21-19-. The van der Waals surface area contributed by atoms with E-state index in [-0.39, 0.29) is 17.9 Å². The maximum Gasteiger partial charge on any atom is 0.295 e. The number of hydrogen-bond donors (Lipinski definition) is 1. The Morgan fingerprint density at radius 3 is 2.53 bits per heavy atom. The van der Waals surface area contributed by atoms with E-state index in [9.17, 15) is 14.7 Å². The number of likely N-dealkylation sites (tertiary alicyclic amines) is 1. The van der Waals surface area contributed by atoms with Crippen LogP contribution in [-0.4, -0.2) is 31.7 Å². The molecule has 1 unspecified atom stereocenters. The molecule has 1 aliphatic heterocycles. The molecule has 1 saturated heterocycles. The Morgan fingerprint density at radius 1 is 1.10 bits per heavy atom. The fraction of sp³-hybridized carbons (Fsp3) is 0.130. The number of benzene rings is 1. The summed E-state index contributed by atoms with van der Waals surface area (Å²) in [4.78, 5) is 35.5. The summed E-state index contributed by atoms with van der Waals surface area (Å²) in [7, 11) is 0. The first kappa shape index (κ1) is 20.0. The van der Waals surface area contributed by atoms with Crippen molar-refractivity contribution in [1.82, 2.24) is 14.9 Å². The number of ketones is 1. The van der Waals surface area contributed by atoms with E-state index in [0.29, 0.717) is 11.1 Å². The SMILES string of the molecule is Cc1cc(/C(O)=C2/C(=O)C(=O)N(Cc3cccnc3)C2c2ccncc2)ccc1Br. The molecule has 0 aliphatic carbocycles. The van der Waals surface area contributed by atoms with Gasteiger partial charge >= 0.3 is 0 Å². The first-order valence-electron chi connectivity index (χ1n) is 9.31. The third-order valence-corrected chi connectivity index (χ3v) is 5.96. The molecule has 0 bridgehead atoms. The second-order valence-electron chi connectivity index (χ2n) is 7.03. The van der Waals surface area contributed by atoms with E-state index in [1.807, 2.05) is 13.0 Å². The maximum absolute atomic E-state index is 13.0. The van der Waals surface area contributed by atoms with E-state index < -0.39 is 17.7 Å². The zero-order valence-electron chi connectivity index (χ0n) is 16.1. The number of carbonyl (C=O) groups excluding carboxylic acids is 2. The normalized spacial score (nSPS) is 18.1. The van der Waals surface area contributed by atoms with Crippen LogP contribution in [0.2, 0.25) is 0 Å². The number of Topliss-reactive ketones (excluding diaryl/α,β-unsaturated/α-hetero) is 1. The Kier molecular flexibility index (Phi) is 5.46. The molecule has 4 rings (SSSR count). The van der Waals surface area contributed by atoms with Crippen LogP contribution in [0.4, 0.5) is 0 Å². The topological polar surface area (TPSA) is 83.4 Å². The van der Waals surface area contributed by atoms with Crippen molar-refractivity contribution in [2.45, 2.75) is 19.5 Å². The molecule has 150 valence electrons. The van der Waals surface area contributed by atoms with Gasteiger partial charge in [0.05, 0.1) is 11.6 Å². The lowest BCUT2D eigenvalue weighted by Gasteiger charge is -2.25. The highest BCUT2D eigenvalue weighted by Gasteiger charge is 2.46. The number of aliphatic hydroxyl groups is 1. The third-order valence-electron chi connectivity index (χ3n) is 5.07. The van der Waals surface area contributed by atoms with Crippen molar-refractivity contribution in [2.75, 3.05) is 0 Å². The fourth-order valence-electron chi connectivity index (χ4n) is 3.57. The molecule has 2 aromatic heterocycles. The molecule has 1 fully saturated rings. The van der Waals surface area contributed by atoms with Crippen molar-refractivity contribution in [3.63, 3.8) is 0 Å². The smallest absolute Gasteiger partial charge is 0.295 e. The summed E-state index contributed by atoms with van der Waals surface area (Å²) >= 11 is 3.44. The predicted molar refractivity (Wildman–Crippen MR) is 115 cm³/mol. The van der Waals surface area contributed by atoms with Gasteiger partial charge in [0.1, 0.15) is 5.76 Å². The molecule has 7 heteroatoms. The zero-order chi connectivity index (χ0) is 21.3. The summed E-state index contributed by atoms with van der Waals surface area (Å²) in [5.41, 5.74) is 2.94. The van der Waals surface area contributed by atoms with Crippen LogP contribution in [0, 0.1) is 6.92 Å². The molecule has 3 heterocycles. The van der Waals surface area contributed by atoms with Crippen molar-refractivity contribution in [3.8, 4) is 0 Å². The molecule has 1 N–H and O–H groups in total. The van der Waals surface area contributed by atoms with Crippen LogP contribution in [0.1, 0.15) is 28.3 Å². The van der Waals surface area contributed by atoms with Gasteiger partial charge in [0.25, 0.3) is 11.7 Å². The number of amides is 1. The van der Waals surface area contributed by atoms with E-state index >= 15 is 0 Å². The van der Waals surface area contributed by atoms with E-state index in [0.717, 1.165) is 15.6 Å². The van der Waals surface area contributed by atoms with Gasteiger partial charge < -0.3 is 10.0 Å². The Balaban J connectivity index is 1.86. The minimum Gasteiger partial charge on any atom is -0.507 e. The van der Waals surface area contributed by atoms with Crippen molar-refractivity contribution in [2.24, 2.45) is 0 Å². The molecule has 0 spiro atoms. The molecule has 0 radical (unpaired) electrons. The van der Waals surface area contributed by atoms with Crippen LogP contribution in [0.3, 0.4) is 0 Å². The van der Waals surface area contributed by atoms with E-state index in [1.54, 1.807) is 61.2 Å².